The number of carbonyl (C=O) groups excluding carboxylic acids is 1. The van der Waals surface area contributed by atoms with Crippen molar-refractivity contribution < 1.29 is 4.79 Å². The number of hydrogen-bond acceptors (Lipinski definition) is 3. The van der Waals surface area contributed by atoms with E-state index in [-0.39, 0.29) is 5.91 Å². The Morgan fingerprint density at radius 1 is 1.67 bits per heavy atom. The minimum absolute atomic E-state index is 0.0521. The maximum Gasteiger partial charge on any atom is 0.252 e. The first kappa shape index (κ1) is 10.6. The molecule has 0 saturated carbocycles. The van der Waals surface area contributed by atoms with Crippen LogP contribution in [0.3, 0.4) is 0 Å². The Hall–Kier alpha value is -0.890. The van der Waals surface area contributed by atoms with Gasteiger partial charge in [0.2, 0.25) is 0 Å². The lowest BCUT2D eigenvalue weighted by atomic mass is 10.3. The van der Waals surface area contributed by atoms with Gasteiger partial charge in [0.1, 0.15) is 0 Å². The standard InChI is InChI=1S/C9H8IN3OS/c10-8-1-6(4-15-8)9(14)12-3-7-2-11-5-13-7/h1-2,4-5H,3H2,(H,11,13)(H,12,14). The van der Waals surface area contributed by atoms with Gasteiger partial charge in [-0.3, -0.25) is 4.79 Å². The molecule has 2 aromatic rings. The maximum atomic E-state index is 11.6. The number of carbonyl (C=O) groups is 1. The number of imidazole rings is 1. The Labute approximate surface area is 104 Å². The smallest absolute Gasteiger partial charge is 0.252 e. The number of aromatic nitrogens is 2. The Kier molecular flexibility index (Phi) is 3.37. The number of H-pyrrole nitrogens is 1. The van der Waals surface area contributed by atoms with Gasteiger partial charge in [-0.2, -0.15) is 0 Å². The largest absolute Gasteiger partial charge is 0.347 e. The Balaban J connectivity index is 1.93. The molecule has 0 aliphatic carbocycles. The third-order valence-electron chi connectivity index (χ3n) is 1.82. The van der Waals surface area contributed by atoms with Crippen molar-refractivity contribution in [2.75, 3.05) is 0 Å². The van der Waals surface area contributed by atoms with Crippen molar-refractivity contribution >= 4 is 39.8 Å². The van der Waals surface area contributed by atoms with E-state index in [2.05, 4.69) is 37.9 Å². The molecule has 6 heteroatoms. The summed E-state index contributed by atoms with van der Waals surface area (Å²) in [6.45, 7) is 0.477. The van der Waals surface area contributed by atoms with Crippen molar-refractivity contribution in [1.29, 1.82) is 0 Å². The van der Waals surface area contributed by atoms with E-state index in [9.17, 15) is 4.79 Å². The highest BCUT2D eigenvalue weighted by atomic mass is 127. The van der Waals surface area contributed by atoms with Gasteiger partial charge >= 0.3 is 0 Å². The zero-order valence-corrected chi connectivity index (χ0v) is 10.6. The van der Waals surface area contributed by atoms with E-state index in [1.807, 2.05) is 11.4 Å². The monoisotopic (exact) mass is 333 g/mol. The minimum atomic E-state index is -0.0521. The lowest BCUT2D eigenvalue weighted by Crippen LogP contribution is -2.22. The average molecular weight is 333 g/mol. The number of rotatable bonds is 3. The van der Waals surface area contributed by atoms with Crippen LogP contribution in [0.5, 0.6) is 0 Å². The van der Waals surface area contributed by atoms with Gasteiger partial charge in [0, 0.05) is 11.6 Å². The zero-order chi connectivity index (χ0) is 10.7. The molecule has 2 N–H and O–H groups in total. The number of thiophene rings is 1. The zero-order valence-electron chi connectivity index (χ0n) is 7.66. The van der Waals surface area contributed by atoms with E-state index in [0.717, 1.165) is 8.58 Å². The van der Waals surface area contributed by atoms with Crippen molar-refractivity contribution in [1.82, 2.24) is 15.3 Å². The molecule has 2 aromatic heterocycles. The van der Waals surface area contributed by atoms with Gasteiger partial charge in [-0.1, -0.05) is 0 Å². The van der Waals surface area contributed by atoms with E-state index >= 15 is 0 Å². The van der Waals surface area contributed by atoms with Crippen LogP contribution in [0.1, 0.15) is 16.1 Å². The number of hydrogen-bond donors (Lipinski definition) is 2. The predicted molar refractivity (Wildman–Crippen MR) is 66.8 cm³/mol. The Bertz CT molecular complexity index is 452. The van der Waals surface area contributed by atoms with Crippen LogP contribution in [0.2, 0.25) is 0 Å². The quantitative estimate of drug-likeness (QED) is 0.845. The van der Waals surface area contributed by atoms with Crippen LogP contribution in [0.4, 0.5) is 0 Å². The number of amides is 1. The number of nitrogens with zero attached hydrogens (tertiary/aromatic N) is 1. The molecular weight excluding hydrogens is 325 g/mol. The molecule has 4 nitrogen and oxygen atoms in total. The van der Waals surface area contributed by atoms with Gasteiger partial charge < -0.3 is 10.3 Å². The molecule has 0 aliphatic heterocycles. The van der Waals surface area contributed by atoms with Gasteiger partial charge in [-0.15, -0.1) is 11.3 Å². The average Bonchev–Trinajstić information content (AvgIpc) is 2.84. The summed E-state index contributed by atoms with van der Waals surface area (Å²) in [6, 6.07) is 1.87. The van der Waals surface area contributed by atoms with E-state index in [4.69, 9.17) is 0 Å². The summed E-state index contributed by atoms with van der Waals surface area (Å²) in [5.74, 6) is -0.0521. The molecule has 0 fully saturated rings. The fraction of sp³-hybridized carbons (Fsp3) is 0.111. The molecule has 0 spiro atoms. The van der Waals surface area contributed by atoms with Crippen LogP contribution in [-0.4, -0.2) is 15.9 Å². The summed E-state index contributed by atoms with van der Waals surface area (Å²) in [4.78, 5) is 18.4. The number of aromatic amines is 1. The maximum absolute atomic E-state index is 11.6. The van der Waals surface area contributed by atoms with E-state index in [1.54, 1.807) is 23.9 Å². The lowest BCUT2D eigenvalue weighted by molar-refractivity contribution is 0.0951. The molecule has 0 bridgehead atoms. The molecule has 78 valence electrons. The first-order valence-corrected chi connectivity index (χ1v) is 6.21. The second-order valence-electron chi connectivity index (χ2n) is 2.90. The summed E-state index contributed by atoms with van der Waals surface area (Å²) in [6.07, 6.45) is 3.28. The molecule has 0 radical (unpaired) electrons. The minimum Gasteiger partial charge on any atom is -0.347 e. The Morgan fingerprint density at radius 3 is 3.13 bits per heavy atom. The molecule has 0 aromatic carbocycles. The van der Waals surface area contributed by atoms with Crippen LogP contribution in [0.15, 0.2) is 24.0 Å². The molecule has 0 saturated heterocycles. The Morgan fingerprint density at radius 2 is 2.53 bits per heavy atom. The fourth-order valence-corrected chi connectivity index (χ4v) is 2.41. The van der Waals surface area contributed by atoms with Crippen molar-refractivity contribution in [3.8, 4) is 0 Å². The summed E-state index contributed by atoms with van der Waals surface area (Å²) in [5, 5.41) is 4.66. The highest BCUT2D eigenvalue weighted by Gasteiger charge is 2.07. The van der Waals surface area contributed by atoms with Crippen LogP contribution in [0.25, 0.3) is 0 Å². The normalized spacial score (nSPS) is 10.2. The molecule has 2 heterocycles. The molecule has 15 heavy (non-hydrogen) atoms. The second kappa shape index (κ2) is 4.75. The number of nitrogens with one attached hydrogen (secondary N) is 2. The van der Waals surface area contributed by atoms with Gasteiger partial charge in [0.05, 0.1) is 27.0 Å². The molecule has 2 rings (SSSR count). The highest BCUT2D eigenvalue weighted by molar-refractivity contribution is 14.1. The van der Waals surface area contributed by atoms with Crippen molar-refractivity contribution in [2.24, 2.45) is 0 Å². The SMILES string of the molecule is O=C(NCc1cnc[nH]1)c1csc(I)c1. The van der Waals surface area contributed by atoms with Crippen molar-refractivity contribution in [2.45, 2.75) is 6.54 Å². The molecule has 0 atom stereocenters. The van der Waals surface area contributed by atoms with Gasteiger partial charge in [0.25, 0.3) is 5.91 Å². The first-order valence-electron chi connectivity index (χ1n) is 4.25. The van der Waals surface area contributed by atoms with E-state index < -0.39 is 0 Å². The van der Waals surface area contributed by atoms with E-state index in [0.29, 0.717) is 12.1 Å². The van der Waals surface area contributed by atoms with Crippen LogP contribution in [0, 0.1) is 2.88 Å². The molecule has 1 amide bonds. The summed E-state index contributed by atoms with van der Waals surface area (Å²) in [5.41, 5.74) is 1.61. The van der Waals surface area contributed by atoms with Crippen LogP contribution in [-0.2, 0) is 6.54 Å². The summed E-state index contributed by atoms with van der Waals surface area (Å²) in [7, 11) is 0. The van der Waals surface area contributed by atoms with Gasteiger partial charge in [-0.05, 0) is 28.7 Å². The second-order valence-corrected chi connectivity index (χ2v) is 5.70. The highest BCUT2D eigenvalue weighted by Crippen LogP contribution is 2.16. The van der Waals surface area contributed by atoms with Crippen molar-refractivity contribution in [3.63, 3.8) is 0 Å². The van der Waals surface area contributed by atoms with E-state index in [1.165, 1.54) is 0 Å². The molecule has 0 unspecified atom stereocenters. The third kappa shape index (κ3) is 2.78. The van der Waals surface area contributed by atoms with Crippen molar-refractivity contribution in [3.05, 3.63) is 38.1 Å². The summed E-state index contributed by atoms with van der Waals surface area (Å²) >= 11 is 3.76. The summed E-state index contributed by atoms with van der Waals surface area (Å²) < 4.78 is 1.11. The number of halogens is 1. The fourth-order valence-electron chi connectivity index (χ4n) is 1.09. The molecular formula is C9H8IN3OS. The van der Waals surface area contributed by atoms with Crippen LogP contribution >= 0.6 is 33.9 Å². The topological polar surface area (TPSA) is 57.8 Å². The third-order valence-corrected chi connectivity index (χ3v) is 3.61. The predicted octanol–water partition coefficient (Wildman–Crippen LogP) is 2.01. The van der Waals surface area contributed by atoms with Gasteiger partial charge in [-0.25, -0.2) is 4.98 Å². The first-order chi connectivity index (χ1) is 7.25. The lowest BCUT2D eigenvalue weighted by Gasteiger charge is -2.00. The van der Waals surface area contributed by atoms with Crippen LogP contribution < -0.4 is 5.32 Å². The molecule has 0 aliphatic rings. The van der Waals surface area contributed by atoms with Gasteiger partial charge in [0.15, 0.2) is 0 Å².